The topological polar surface area (TPSA) is 51.5 Å². The van der Waals surface area contributed by atoms with Crippen LogP contribution in [0, 0.1) is 0 Å². The van der Waals surface area contributed by atoms with Crippen molar-refractivity contribution in [3.8, 4) is 0 Å². The summed E-state index contributed by atoms with van der Waals surface area (Å²) in [6, 6.07) is 4.02. The number of aryl methyl sites for hydroxylation is 1. The van der Waals surface area contributed by atoms with E-state index in [-0.39, 0.29) is 0 Å². The molecule has 1 fully saturated rings. The van der Waals surface area contributed by atoms with Gasteiger partial charge in [0.2, 0.25) is 0 Å². The van der Waals surface area contributed by atoms with Crippen LogP contribution in [0.3, 0.4) is 0 Å². The summed E-state index contributed by atoms with van der Waals surface area (Å²) in [6.07, 6.45) is 7.88. The maximum atomic E-state index is 5.76. The predicted octanol–water partition coefficient (Wildman–Crippen LogP) is 2.66. The lowest BCUT2D eigenvalue weighted by atomic mass is 10.1. The van der Waals surface area contributed by atoms with Crippen LogP contribution in [0.4, 0.5) is 5.82 Å². The van der Waals surface area contributed by atoms with E-state index >= 15 is 0 Å². The molecule has 0 amide bonds. The Kier molecular flexibility index (Phi) is 4.16. The summed E-state index contributed by atoms with van der Waals surface area (Å²) >= 11 is 0. The molecular weight excluding hydrogens is 252 g/mol. The van der Waals surface area contributed by atoms with Crippen molar-refractivity contribution < 1.29 is 4.74 Å². The van der Waals surface area contributed by atoms with Crippen LogP contribution < -0.4 is 5.32 Å². The van der Waals surface area contributed by atoms with Crippen molar-refractivity contribution in [2.75, 3.05) is 18.5 Å². The number of aromatic nitrogens is 3. The molecule has 0 unspecified atom stereocenters. The normalized spacial score (nSPS) is 19.4. The molecule has 1 saturated heterocycles. The van der Waals surface area contributed by atoms with E-state index in [1.54, 1.807) is 6.20 Å². The van der Waals surface area contributed by atoms with Gasteiger partial charge in [-0.25, -0.2) is 4.98 Å². The van der Waals surface area contributed by atoms with Crippen molar-refractivity contribution >= 4 is 11.5 Å². The van der Waals surface area contributed by atoms with Crippen molar-refractivity contribution in [1.82, 2.24) is 14.6 Å². The zero-order valence-electron chi connectivity index (χ0n) is 12.0. The van der Waals surface area contributed by atoms with E-state index in [1.807, 2.05) is 10.6 Å². The number of anilines is 1. The van der Waals surface area contributed by atoms with Gasteiger partial charge in [0.05, 0.1) is 12.3 Å². The summed E-state index contributed by atoms with van der Waals surface area (Å²) < 4.78 is 7.62. The van der Waals surface area contributed by atoms with Gasteiger partial charge in [0.15, 0.2) is 5.65 Å². The third-order valence-corrected chi connectivity index (χ3v) is 3.82. The fourth-order valence-electron chi connectivity index (χ4n) is 2.67. The quantitative estimate of drug-likeness (QED) is 0.910. The fourth-order valence-corrected chi connectivity index (χ4v) is 2.67. The minimum absolute atomic E-state index is 0.414. The summed E-state index contributed by atoms with van der Waals surface area (Å²) in [5.74, 6) is 1.02. The van der Waals surface area contributed by atoms with Gasteiger partial charge >= 0.3 is 0 Å². The van der Waals surface area contributed by atoms with Crippen molar-refractivity contribution in [3.63, 3.8) is 0 Å². The van der Waals surface area contributed by atoms with Crippen LogP contribution in [0.5, 0.6) is 0 Å². The van der Waals surface area contributed by atoms with Crippen molar-refractivity contribution in [3.05, 3.63) is 24.0 Å². The van der Waals surface area contributed by atoms with Gasteiger partial charge < -0.3 is 10.1 Å². The second kappa shape index (κ2) is 6.22. The Morgan fingerprint density at radius 2 is 2.40 bits per heavy atom. The predicted molar refractivity (Wildman–Crippen MR) is 79.1 cm³/mol. The number of hydrogen-bond acceptors (Lipinski definition) is 4. The van der Waals surface area contributed by atoms with E-state index in [2.05, 4.69) is 28.4 Å². The van der Waals surface area contributed by atoms with E-state index < -0.39 is 0 Å². The Bertz CT molecular complexity index is 560. The van der Waals surface area contributed by atoms with Crippen molar-refractivity contribution in [2.24, 2.45) is 0 Å². The van der Waals surface area contributed by atoms with Crippen LogP contribution in [-0.4, -0.2) is 33.9 Å². The van der Waals surface area contributed by atoms with E-state index in [9.17, 15) is 0 Å². The number of nitrogens with one attached hydrogen (secondary N) is 1. The Hall–Kier alpha value is -1.62. The first-order valence-corrected chi connectivity index (χ1v) is 7.56. The highest BCUT2D eigenvalue weighted by molar-refractivity contribution is 5.49. The number of fused-ring (bicyclic) bond motifs is 1. The Morgan fingerprint density at radius 3 is 3.20 bits per heavy atom. The second-order valence-corrected chi connectivity index (χ2v) is 5.29. The molecule has 20 heavy (non-hydrogen) atoms. The highest BCUT2D eigenvalue weighted by Gasteiger charge is 2.13. The average molecular weight is 274 g/mol. The molecule has 0 saturated carbocycles. The van der Waals surface area contributed by atoms with Gasteiger partial charge in [0.1, 0.15) is 5.82 Å². The van der Waals surface area contributed by atoms with Gasteiger partial charge in [-0.3, -0.25) is 0 Å². The van der Waals surface area contributed by atoms with E-state index in [0.29, 0.717) is 6.10 Å². The molecule has 0 aromatic carbocycles. The van der Waals surface area contributed by atoms with E-state index in [1.165, 1.54) is 19.3 Å². The first-order chi connectivity index (χ1) is 9.86. The molecule has 108 valence electrons. The lowest BCUT2D eigenvalue weighted by molar-refractivity contribution is 0.0134. The number of nitrogens with zero attached hydrogens (tertiary/aromatic N) is 3. The molecule has 1 aliphatic rings. The van der Waals surface area contributed by atoms with Crippen molar-refractivity contribution in [2.45, 2.75) is 45.1 Å². The minimum atomic E-state index is 0.414. The third-order valence-electron chi connectivity index (χ3n) is 3.82. The molecule has 5 heteroatoms. The van der Waals surface area contributed by atoms with Crippen molar-refractivity contribution in [1.29, 1.82) is 0 Å². The molecule has 2 aromatic rings. The summed E-state index contributed by atoms with van der Waals surface area (Å²) in [5.41, 5.74) is 2.00. The lowest BCUT2D eigenvalue weighted by Crippen LogP contribution is -2.22. The van der Waals surface area contributed by atoms with Gasteiger partial charge in [-0.1, -0.05) is 6.92 Å². The molecule has 5 nitrogen and oxygen atoms in total. The van der Waals surface area contributed by atoms with Gasteiger partial charge in [0.25, 0.3) is 0 Å². The van der Waals surface area contributed by atoms with E-state index in [0.717, 1.165) is 43.2 Å². The van der Waals surface area contributed by atoms with Gasteiger partial charge in [-0.15, -0.1) is 0 Å². The number of rotatable bonds is 5. The van der Waals surface area contributed by atoms with Gasteiger partial charge in [-0.05, 0) is 32.1 Å². The molecule has 1 N–H and O–H groups in total. The van der Waals surface area contributed by atoms with Crippen LogP contribution >= 0.6 is 0 Å². The summed E-state index contributed by atoms with van der Waals surface area (Å²) in [5, 5.41) is 7.80. The van der Waals surface area contributed by atoms with Gasteiger partial charge in [-0.2, -0.15) is 9.61 Å². The summed E-state index contributed by atoms with van der Waals surface area (Å²) in [4.78, 5) is 4.55. The fraction of sp³-hybridized carbons (Fsp3) is 0.600. The second-order valence-electron chi connectivity index (χ2n) is 5.29. The number of hydrogen-bond donors (Lipinski definition) is 1. The lowest BCUT2D eigenvalue weighted by Gasteiger charge is -2.22. The minimum Gasteiger partial charge on any atom is -0.378 e. The molecular formula is C15H22N4O. The van der Waals surface area contributed by atoms with Crippen LogP contribution in [0.15, 0.2) is 18.3 Å². The highest BCUT2D eigenvalue weighted by Crippen LogP contribution is 2.17. The molecule has 0 radical (unpaired) electrons. The highest BCUT2D eigenvalue weighted by atomic mass is 16.5. The molecule has 0 bridgehead atoms. The summed E-state index contributed by atoms with van der Waals surface area (Å²) in [7, 11) is 0. The molecule has 3 rings (SSSR count). The average Bonchev–Trinajstić information content (AvgIpc) is 2.96. The zero-order chi connectivity index (χ0) is 13.8. The first-order valence-electron chi connectivity index (χ1n) is 7.56. The van der Waals surface area contributed by atoms with Gasteiger partial charge in [0, 0.05) is 31.0 Å². The molecule has 1 aliphatic heterocycles. The Morgan fingerprint density at radius 1 is 1.45 bits per heavy atom. The maximum absolute atomic E-state index is 5.76. The maximum Gasteiger partial charge on any atom is 0.157 e. The Balaban J connectivity index is 1.65. The van der Waals surface area contributed by atoms with Crippen LogP contribution in [-0.2, 0) is 11.2 Å². The third kappa shape index (κ3) is 2.93. The monoisotopic (exact) mass is 274 g/mol. The van der Waals surface area contributed by atoms with E-state index in [4.69, 9.17) is 4.74 Å². The molecule has 2 aromatic heterocycles. The van der Waals surface area contributed by atoms with Crippen LogP contribution in [0.1, 0.15) is 38.3 Å². The van der Waals surface area contributed by atoms with Crippen LogP contribution in [0.2, 0.25) is 0 Å². The number of ether oxygens (including phenoxy) is 1. The first kappa shape index (κ1) is 13.4. The molecule has 1 atom stereocenters. The molecule has 0 spiro atoms. The molecule has 3 heterocycles. The Labute approximate surface area is 119 Å². The summed E-state index contributed by atoms with van der Waals surface area (Å²) in [6.45, 7) is 3.95. The van der Waals surface area contributed by atoms with Crippen LogP contribution in [0.25, 0.3) is 5.65 Å². The smallest absolute Gasteiger partial charge is 0.157 e. The SMILES string of the molecule is CCc1cc(NCC[C@@H]2CCCCO2)n2nccc2n1. The standard InChI is InChI=1S/C15H22N4O/c1-2-12-11-15(19-14(18-12)7-9-17-19)16-8-6-13-5-3-4-10-20-13/h7,9,11,13,16H,2-6,8,10H2,1H3/t13-/m0/s1. The zero-order valence-corrected chi connectivity index (χ0v) is 12.0. The molecule has 0 aliphatic carbocycles. The largest absolute Gasteiger partial charge is 0.378 e.